The predicted molar refractivity (Wildman–Crippen MR) is 63.1 cm³/mol. The minimum atomic E-state index is 0.867. The van der Waals surface area contributed by atoms with Crippen LogP contribution < -0.4 is 5.32 Å². The number of aromatic amines is 1. The molecule has 0 spiro atoms. The summed E-state index contributed by atoms with van der Waals surface area (Å²) in [7, 11) is 0. The zero-order chi connectivity index (χ0) is 10.5. The fourth-order valence-corrected chi connectivity index (χ4v) is 2.16. The van der Waals surface area contributed by atoms with Crippen LogP contribution in [-0.4, -0.2) is 16.5 Å². The number of rotatable bonds is 5. The Bertz CT molecular complexity index is 392. The minimum Gasteiger partial charge on any atom is -0.345 e. The normalized spacial score (nSPS) is 10.7. The van der Waals surface area contributed by atoms with Crippen molar-refractivity contribution >= 4 is 11.3 Å². The number of nitrogens with zero attached hydrogens (tertiary/aromatic N) is 1. The molecule has 0 fully saturated rings. The van der Waals surface area contributed by atoms with E-state index in [1.807, 2.05) is 24.5 Å². The third-order valence-electron chi connectivity index (χ3n) is 2.20. The molecule has 0 atom stereocenters. The summed E-state index contributed by atoms with van der Waals surface area (Å²) in [5.41, 5.74) is 1.15. The molecule has 4 heteroatoms. The maximum Gasteiger partial charge on any atom is 0.103 e. The van der Waals surface area contributed by atoms with E-state index in [-0.39, 0.29) is 0 Å². The summed E-state index contributed by atoms with van der Waals surface area (Å²) in [6.07, 6.45) is 2.98. The number of aromatic nitrogens is 2. The van der Waals surface area contributed by atoms with Gasteiger partial charge in [-0.15, -0.1) is 11.3 Å². The zero-order valence-corrected chi connectivity index (χ0v) is 9.60. The predicted octanol–water partition coefficient (Wildman–Crippen LogP) is 2.11. The molecule has 3 nitrogen and oxygen atoms in total. The number of hydrogen-bond donors (Lipinski definition) is 2. The molecule has 2 aromatic heterocycles. The largest absolute Gasteiger partial charge is 0.345 e. The van der Waals surface area contributed by atoms with Crippen molar-refractivity contribution in [2.24, 2.45) is 0 Å². The summed E-state index contributed by atoms with van der Waals surface area (Å²) < 4.78 is 0. The molecule has 15 heavy (non-hydrogen) atoms. The van der Waals surface area contributed by atoms with Gasteiger partial charge in [0.05, 0.1) is 0 Å². The highest BCUT2D eigenvalue weighted by Crippen LogP contribution is 2.08. The molecular weight excluding hydrogens is 206 g/mol. The summed E-state index contributed by atoms with van der Waals surface area (Å²) in [5.74, 6) is 0.977. The molecule has 2 rings (SSSR count). The third kappa shape index (κ3) is 3.18. The summed E-state index contributed by atoms with van der Waals surface area (Å²) >= 11 is 1.81. The smallest absolute Gasteiger partial charge is 0.103 e. The van der Waals surface area contributed by atoms with Crippen molar-refractivity contribution in [1.82, 2.24) is 15.3 Å². The SMILES string of the molecule is Cc1ncc(CNCCc2cccs2)[nH]1. The minimum absolute atomic E-state index is 0.867. The lowest BCUT2D eigenvalue weighted by atomic mass is 10.3. The standard InChI is InChI=1S/C11H15N3S/c1-9-13-8-10(14-9)7-12-5-4-11-3-2-6-15-11/h2-3,6,8,12H,4-5,7H2,1H3,(H,13,14). The van der Waals surface area contributed by atoms with Crippen molar-refractivity contribution in [2.75, 3.05) is 6.54 Å². The zero-order valence-electron chi connectivity index (χ0n) is 8.79. The van der Waals surface area contributed by atoms with Gasteiger partial charge in [-0.3, -0.25) is 0 Å². The maximum absolute atomic E-state index is 4.15. The van der Waals surface area contributed by atoms with Crippen LogP contribution in [0.3, 0.4) is 0 Å². The van der Waals surface area contributed by atoms with Crippen molar-refractivity contribution in [3.63, 3.8) is 0 Å². The number of thiophene rings is 1. The highest BCUT2D eigenvalue weighted by molar-refractivity contribution is 7.09. The first-order valence-electron chi connectivity index (χ1n) is 5.08. The van der Waals surface area contributed by atoms with Crippen LogP contribution in [0.4, 0.5) is 0 Å². The average molecular weight is 221 g/mol. The lowest BCUT2D eigenvalue weighted by molar-refractivity contribution is 0.680. The molecule has 0 unspecified atom stereocenters. The Labute approximate surface area is 93.6 Å². The molecule has 0 aliphatic heterocycles. The Kier molecular flexibility index (Phi) is 3.53. The molecule has 2 aromatic rings. The molecule has 0 radical (unpaired) electrons. The van der Waals surface area contributed by atoms with Gasteiger partial charge in [0.25, 0.3) is 0 Å². The van der Waals surface area contributed by atoms with E-state index in [1.54, 1.807) is 0 Å². The van der Waals surface area contributed by atoms with Gasteiger partial charge in [0.15, 0.2) is 0 Å². The maximum atomic E-state index is 4.15. The first-order chi connectivity index (χ1) is 7.34. The van der Waals surface area contributed by atoms with Crippen molar-refractivity contribution in [3.8, 4) is 0 Å². The lowest BCUT2D eigenvalue weighted by Crippen LogP contribution is -2.16. The molecule has 0 bridgehead atoms. The van der Waals surface area contributed by atoms with Crippen molar-refractivity contribution in [2.45, 2.75) is 19.9 Å². The van der Waals surface area contributed by atoms with Crippen LogP contribution in [0.1, 0.15) is 16.4 Å². The Morgan fingerprint density at radius 1 is 1.53 bits per heavy atom. The van der Waals surface area contributed by atoms with Gasteiger partial charge in [0.1, 0.15) is 5.82 Å². The van der Waals surface area contributed by atoms with Crippen LogP contribution >= 0.6 is 11.3 Å². The van der Waals surface area contributed by atoms with E-state index in [0.29, 0.717) is 0 Å². The van der Waals surface area contributed by atoms with Crippen LogP contribution in [-0.2, 0) is 13.0 Å². The van der Waals surface area contributed by atoms with Crippen LogP contribution in [0, 0.1) is 6.92 Å². The van der Waals surface area contributed by atoms with Gasteiger partial charge in [-0.25, -0.2) is 4.98 Å². The van der Waals surface area contributed by atoms with Gasteiger partial charge in [-0.1, -0.05) is 6.07 Å². The average Bonchev–Trinajstić information content (AvgIpc) is 2.84. The molecule has 0 amide bonds. The van der Waals surface area contributed by atoms with Gasteiger partial charge < -0.3 is 10.3 Å². The van der Waals surface area contributed by atoms with Crippen molar-refractivity contribution in [3.05, 3.63) is 40.1 Å². The lowest BCUT2D eigenvalue weighted by Gasteiger charge is -2.01. The van der Waals surface area contributed by atoms with E-state index in [4.69, 9.17) is 0 Å². The van der Waals surface area contributed by atoms with Gasteiger partial charge in [-0.05, 0) is 24.8 Å². The Balaban J connectivity index is 1.67. The molecule has 0 saturated carbocycles. The first-order valence-corrected chi connectivity index (χ1v) is 5.96. The highest BCUT2D eigenvalue weighted by atomic mass is 32.1. The molecule has 2 heterocycles. The van der Waals surface area contributed by atoms with E-state index in [0.717, 1.165) is 31.0 Å². The highest BCUT2D eigenvalue weighted by Gasteiger charge is 1.96. The van der Waals surface area contributed by atoms with Gasteiger partial charge in [0.2, 0.25) is 0 Å². The first kappa shape index (κ1) is 10.4. The molecule has 0 aliphatic rings. The molecule has 2 N–H and O–H groups in total. The fraction of sp³-hybridized carbons (Fsp3) is 0.364. The van der Waals surface area contributed by atoms with Gasteiger partial charge in [0, 0.05) is 29.9 Å². The summed E-state index contributed by atoms with van der Waals surface area (Å²) in [4.78, 5) is 8.78. The van der Waals surface area contributed by atoms with Crippen LogP contribution in [0.25, 0.3) is 0 Å². The fourth-order valence-electron chi connectivity index (χ4n) is 1.45. The van der Waals surface area contributed by atoms with Gasteiger partial charge in [-0.2, -0.15) is 0 Å². The monoisotopic (exact) mass is 221 g/mol. The Morgan fingerprint density at radius 3 is 3.13 bits per heavy atom. The van der Waals surface area contributed by atoms with Crippen LogP contribution in [0.15, 0.2) is 23.7 Å². The van der Waals surface area contributed by atoms with E-state index in [9.17, 15) is 0 Å². The molecule has 80 valence electrons. The van der Waals surface area contributed by atoms with Crippen molar-refractivity contribution < 1.29 is 0 Å². The quantitative estimate of drug-likeness (QED) is 0.759. The summed E-state index contributed by atoms with van der Waals surface area (Å²) in [6.45, 7) is 3.85. The number of hydrogen-bond acceptors (Lipinski definition) is 3. The van der Waals surface area contributed by atoms with E-state index in [1.165, 1.54) is 4.88 Å². The Morgan fingerprint density at radius 2 is 2.47 bits per heavy atom. The molecular formula is C11H15N3S. The molecule has 0 aromatic carbocycles. The number of H-pyrrole nitrogens is 1. The number of imidazole rings is 1. The topological polar surface area (TPSA) is 40.7 Å². The Hall–Kier alpha value is -1.13. The third-order valence-corrected chi connectivity index (χ3v) is 3.14. The van der Waals surface area contributed by atoms with Crippen molar-refractivity contribution in [1.29, 1.82) is 0 Å². The van der Waals surface area contributed by atoms with Gasteiger partial charge >= 0.3 is 0 Å². The van der Waals surface area contributed by atoms with E-state index >= 15 is 0 Å². The molecule has 0 saturated heterocycles. The van der Waals surface area contributed by atoms with Crippen LogP contribution in [0.5, 0.6) is 0 Å². The molecule has 0 aliphatic carbocycles. The summed E-state index contributed by atoms with van der Waals surface area (Å²) in [5, 5.41) is 5.51. The van der Waals surface area contributed by atoms with E-state index in [2.05, 4.69) is 32.8 Å². The van der Waals surface area contributed by atoms with Crippen LogP contribution in [0.2, 0.25) is 0 Å². The number of aryl methyl sites for hydroxylation is 1. The van der Waals surface area contributed by atoms with E-state index < -0.39 is 0 Å². The second-order valence-corrected chi connectivity index (χ2v) is 4.53. The number of nitrogens with one attached hydrogen (secondary N) is 2. The second-order valence-electron chi connectivity index (χ2n) is 3.50. The summed E-state index contributed by atoms with van der Waals surface area (Å²) in [6, 6.07) is 4.27. The second kappa shape index (κ2) is 5.09.